The first-order chi connectivity index (χ1) is 11.2. The van der Waals surface area contributed by atoms with Gasteiger partial charge in [0.2, 0.25) is 10.0 Å². The summed E-state index contributed by atoms with van der Waals surface area (Å²) in [5.41, 5.74) is -0.269. The molecule has 0 unspecified atom stereocenters. The number of hydrogen-bond acceptors (Lipinski definition) is 6. The molecule has 2 aliphatic heterocycles. The number of methoxy groups -OCH3 is 2. The molecule has 1 aromatic carbocycles. The average molecular weight is 357 g/mol. The van der Waals surface area contributed by atoms with Crippen molar-refractivity contribution in [3.8, 4) is 11.5 Å². The molecule has 1 spiro atoms. The third-order valence-corrected chi connectivity index (χ3v) is 6.28. The number of benzene rings is 1. The van der Waals surface area contributed by atoms with Crippen molar-refractivity contribution in [2.75, 3.05) is 40.5 Å². The Morgan fingerprint density at radius 3 is 2.25 bits per heavy atom. The Labute approximate surface area is 142 Å². The van der Waals surface area contributed by atoms with Crippen molar-refractivity contribution in [1.82, 2.24) is 4.31 Å². The van der Waals surface area contributed by atoms with Crippen LogP contribution in [-0.2, 0) is 19.5 Å². The Balaban J connectivity index is 1.79. The molecule has 134 valence electrons. The van der Waals surface area contributed by atoms with Crippen molar-refractivity contribution >= 4 is 10.0 Å². The van der Waals surface area contributed by atoms with Crippen LogP contribution < -0.4 is 9.47 Å². The molecule has 8 heteroatoms. The Hall–Kier alpha value is -1.35. The van der Waals surface area contributed by atoms with E-state index in [4.69, 9.17) is 18.9 Å². The van der Waals surface area contributed by atoms with Crippen molar-refractivity contribution in [3.63, 3.8) is 0 Å². The van der Waals surface area contributed by atoms with Crippen LogP contribution in [0.2, 0.25) is 0 Å². The quantitative estimate of drug-likeness (QED) is 0.813. The summed E-state index contributed by atoms with van der Waals surface area (Å²) < 4.78 is 49.0. The largest absolute Gasteiger partial charge is 0.497 e. The molecule has 0 radical (unpaired) electrons. The first-order valence-corrected chi connectivity index (χ1v) is 9.16. The van der Waals surface area contributed by atoms with Gasteiger partial charge in [-0.05, 0) is 26.0 Å². The second kappa shape index (κ2) is 5.87. The predicted octanol–water partition coefficient (Wildman–Crippen LogP) is 1.48. The first-order valence-electron chi connectivity index (χ1n) is 7.72. The molecule has 24 heavy (non-hydrogen) atoms. The van der Waals surface area contributed by atoms with Gasteiger partial charge in [0.15, 0.2) is 5.79 Å². The summed E-state index contributed by atoms with van der Waals surface area (Å²) in [6.45, 7) is 5.42. The average Bonchev–Trinajstić information content (AvgIpc) is 2.52. The van der Waals surface area contributed by atoms with Gasteiger partial charge in [0.1, 0.15) is 16.4 Å². The minimum absolute atomic E-state index is 0.108. The summed E-state index contributed by atoms with van der Waals surface area (Å²) in [4.78, 5) is 0.108. The molecule has 2 fully saturated rings. The third-order valence-electron chi connectivity index (χ3n) is 4.46. The number of nitrogens with zero attached hydrogens (tertiary/aromatic N) is 1. The predicted molar refractivity (Wildman–Crippen MR) is 86.7 cm³/mol. The van der Waals surface area contributed by atoms with Gasteiger partial charge in [-0.25, -0.2) is 8.42 Å². The minimum atomic E-state index is -3.66. The molecule has 0 atom stereocenters. The van der Waals surface area contributed by atoms with E-state index in [-0.39, 0.29) is 10.3 Å². The van der Waals surface area contributed by atoms with Gasteiger partial charge in [-0.3, -0.25) is 0 Å². The standard InChI is InChI=1S/C16H23NO6S/c1-15(2)22-10-16(11-23-15)8-17(9-16)24(18,19)14-7-12(20-3)5-6-13(14)21-4/h5-7H,8-11H2,1-4H3. The lowest BCUT2D eigenvalue weighted by Crippen LogP contribution is -2.65. The molecule has 0 bridgehead atoms. The van der Waals surface area contributed by atoms with E-state index in [0.29, 0.717) is 37.8 Å². The van der Waals surface area contributed by atoms with Gasteiger partial charge < -0.3 is 18.9 Å². The van der Waals surface area contributed by atoms with E-state index in [9.17, 15) is 8.42 Å². The number of sulfonamides is 1. The van der Waals surface area contributed by atoms with E-state index in [0.717, 1.165) is 0 Å². The molecular formula is C16H23NO6S. The van der Waals surface area contributed by atoms with Gasteiger partial charge in [-0.2, -0.15) is 4.31 Å². The summed E-state index contributed by atoms with van der Waals surface area (Å²) in [5.74, 6) is 0.158. The smallest absolute Gasteiger partial charge is 0.246 e. The molecular weight excluding hydrogens is 334 g/mol. The van der Waals surface area contributed by atoms with Crippen molar-refractivity contribution < 1.29 is 27.4 Å². The zero-order valence-electron chi connectivity index (χ0n) is 14.4. The highest BCUT2D eigenvalue weighted by Gasteiger charge is 2.52. The van der Waals surface area contributed by atoms with Crippen LogP contribution in [0, 0.1) is 5.41 Å². The highest BCUT2D eigenvalue weighted by molar-refractivity contribution is 7.89. The number of ether oxygens (including phenoxy) is 4. The highest BCUT2D eigenvalue weighted by Crippen LogP contribution is 2.42. The monoisotopic (exact) mass is 357 g/mol. The van der Waals surface area contributed by atoms with Gasteiger partial charge in [-0.15, -0.1) is 0 Å². The molecule has 1 aromatic rings. The van der Waals surface area contributed by atoms with E-state index in [1.807, 2.05) is 13.8 Å². The van der Waals surface area contributed by atoms with Crippen LogP contribution in [0.1, 0.15) is 13.8 Å². The van der Waals surface area contributed by atoms with Gasteiger partial charge in [0, 0.05) is 24.6 Å². The Bertz CT molecular complexity index is 712. The van der Waals surface area contributed by atoms with Gasteiger partial charge in [0.25, 0.3) is 0 Å². The van der Waals surface area contributed by atoms with Crippen molar-refractivity contribution in [2.24, 2.45) is 5.41 Å². The van der Waals surface area contributed by atoms with E-state index in [2.05, 4.69) is 0 Å². The summed E-state index contributed by atoms with van der Waals surface area (Å²) in [6, 6.07) is 4.74. The lowest BCUT2D eigenvalue weighted by atomic mass is 9.82. The van der Waals surface area contributed by atoms with Crippen LogP contribution in [-0.4, -0.2) is 59.0 Å². The SMILES string of the molecule is COc1ccc(OC)c(S(=O)(=O)N2CC3(COC(C)(C)OC3)C2)c1. The van der Waals surface area contributed by atoms with Gasteiger partial charge >= 0.3 is 0 Å². The van der Waals surface area contributed by atoms with Crippen LogP contribution in [0.5, 0.6) is 11.5 Å². The van der Waals surface area contributed by atoms with E-state index >= 15 is 0 Å². The molecule has 0 saturated carbocycles. The molecule has 0 amide bonds. The Morgan fingerprint density at radius 1 is 1.08 bits per heavy atom. The minimum Gasteiger partial charge on any atom is -0.497 e. The second-order valence-electron chi connectivity index (χ2n) is 6.77. The number of rotatable bonds is 4. The molecule has 0 aliphatic carbocycles. The van der Waals surface area contributed by atoms with Crippen LogP contribution >= 0.6 is 0 Å². The summed E-state index contributed by atoms with van der Waals surface area (Å²) in [6.07, 6.45) is 0. The van der Waals surface area contributed by atoms with Crippen LogP contribution in [0.4, 0.5) is 0 Å². The lowest BCUT2D eigenvalue weighted by Gasteiger charge is -2.53. The molecule has 7 nitrogen and oxygen atoms in total. The maximum atomic E-state index is 12.9. The van der Waals surface area contributed by atoms with Gasteiger partial charge in [0.05, 0.1) is 27.4 Å². The van der Waals surface area contributed by atoms with E-state index in [1.54, 1.807) is 12.1 Å². The molecule has 0 N–H and O–H groups in total. The molecule has 2 saturated heterocycles. The fraction of sp³-hybridized carbons (Fsp3) is 0.625. The van der Waals surface area contributed by atoms with Crippen LogP contribution in [0.25, 0.3) is 0 Å². The van der Waals surface area contributed by atoms with Crippen LogP contribution in [0.15, 0.2) is 23.1 Å². The normalized spacial score (nSPS) is 22.8. The molecule has 3 rings (SSSR count). The Morgan fingerprint density at radius 2 is 1.71 bits per heavy atom. The fourth-order valence-electron chi connectivity index (χ4n) is 2.92. The summed E-state index contributed by atoms with van der Waals surface area (Å²) >= 11 is 0. The summed E-state index contributed by atoms with van der Waals surface area (Å²) in [5, 5.41) is 0. The molecule has 2 aliphatic rings. The van der Waals surface area contributed by atoms with Crippen LogP contribution in [0.3, 0.4) is 0 Å². The van der Waals surface area contributed by atoms with Gasteiger partial charge in [-0.1, -0.05) is 0 Å². The first kappa shape index (κ1) is 17.5. The maximum absolute atomic E-state index is 12.9. The maximum Gasteiger partial charge on any atom is 0.246 e. The Kier molecular flexibility index (Phi) is 4.28. The second-order valence-corrected chi connectivity index (χ2v) is 8.67. The number of hydrogen-bond donors (Lipinski definition) is 0. The third kappa shape index (κ3) is 2.99. The zero-order valence-corrected chi connectivity index (χ0v) is 15.2. The fourth-order valence-corrected chi connectivity index (χ4v) is 4.75. The lowest BCUT2D eigenvalue weighted by molar-refractivity contribution is -0.299. The van der Waals surface area contributed by atoms with E-state index in [1.165, 1.54) is 24.6 Å². The highest BCUT2D eigenvalue weighted by atomic mass is 32.2. The van der Waals surface area contributed by atoms with Crippen molar-refractivity contribution in [3.05, 3.63) is 18.2 Å². The zero-order chi connectivity index (χ0) is 17.6. The summed E-state index contributed by atoms with van der Waals surface area (Å²) in [7, 11) is -0.721. The molecule has 0 aromatic heterocycles. The van der Waals surface area contributed by atoms with Crippen molar-refractivity contribution in [2.45, 2.75) is 24.5 Å². The van der Waals surface area contributed by atoms with Crippen molar-refractivity contribution in [1.29, 1.82) is 0 Å². The van der Waals surface area contributed by atoms with E-state index < -0.39 is 15.8 Å². The topological polar surface area (TPSA) is 74.3 Å². The molecule has 2 heterocycles.